The molecule has 0 saturated heterocycles. The molecule has 2 unspecified atom stereocenters. The van der Waals surface area contributed by atoms with E-state index in [1.54, 1.807) is 19.1 Å². The molecule has 0 amide bonds. The quantitative estimate of drug-likeness (QED) is 0.735. The molecule has 0 bridgehead atoms. The Kier molecular flexibility index (Phi) is 4.57. The summed E-state index contributed by atoms with van der Waals surface area (Å²) >= 11 is 3.19. The molecule has 0 radical (unpaired) electrons. The van der Waals surface area contributed by atoms with Crippen LogP contribution in [0.5, 0.6) is 5.75 Å². The summed E-state index contributed by atoms with van der Waals surface area (Å²) < 4.78 is 0. The lowest BCUT2D eigenvalue weighted by molar-refractivity contribution is 0.0156. The minimum atomic E-state index is -1.04. The van der Waals surface area contributed by atoms with Crippen molar-refractivity contribution in [2.45, 2.75) is 25.6 Å². The average molecular weight is 275 g/mol. The van der Waals surface area contributed by atoms with Crippen LogP contribution in [0.1, 0.15) is 23.7 Å². The number of hydrogen-bond acceptors (Lipinski definition) is 3. The molecule has 0 saturated carbocycles. The molecule has 84 valence electrons. The van der Waals surface area contributed by atoms with Crippen LogP contribution in [0.15, 0.2) is 18.2 Å². The molecule has 15 heavy (non-hydrogen) atoms. The highest BCUT2D eigenvalue weighted by Gasteiger charge is 2.22. The highest BCUT2D eigenvalue weighted by molar-refractivity contribution is 9.09. The third-order valence-corrected chi connectivity index (χ3v) is 2.82. The number of aromatic hydroxyl groups is 1. The van der Waals surface area contributed by atoms with Gasteiger partial charge in [-0.25, -0.2) is 0 Å². The first kappa shape index (κ1) is 12.5. The third-order valence-electron chi connectivity index (χ3n) is 2.37. The van der Waals surface area contributed by atoms with E-state index >= 15 is 0 Å². The highest BCUT2D eigenvalue weighted by Crippen LogP contribution is 2.30. The molecule has 1 aromatic rings. The maximum atomic E-state index is 9.85. The molecule has 0 aliphatic rings. The number of rotatable bonds is 4. The number of alkyl halides is 1. The van der Waals surface area contributed by atoms with Gasteiger partial charge in [0.1, 0.15) is 11.9 Å². The second-order valence-corrected chi connectivity index (χ2v) is 4.29. The van der Waals surface area contributed by atoms with E-state index < -0.39 is 12.2 Å². The van der Waals surface area contributed by atoms with E-state index in [1.807, 2.05) is 0 Å². The molecule has 4 heteroatoms. The summed E-state index contributed by atoms with van der Waals surface area (Å²) in [6.07, 6.45) is -1.46. The van der Waals surface area contributed by atoms with Gasteiger partial charge in [0, 0.05) is 10.9 Å². The molecular formula is C11H15BrO3. The van der Waals surface area contributed by atoms with Crippen molar-refractivity contribution in [3.05, 3.63) is 29.3 Å². The minimum absolute atomic E-state index is 0.0242. The maximum Gasteiger partial charge on any atom is 0.121 e. The number of aliphatic hydroxyl groups is 2. The van der Waals surface area contributed by atoms with Gasteiger partial charge >= 0.3 is 0 Å². The molecule has 2 atom stereocenters. The van der Waals surface area contributed by atoms with Crippen LogP contribution in [0.2, 0.25) is 0 Å². The maximum absolute atomic E-state index is 9.85. The smallest absolute Gasteiger partial charge is 0.121 e. The number of phenolic OH excluding ortho intramolecular Hbond substituents is 1. The first-order valence-electron chi connectivity index (χ1n) is 4.78. The van der Waals surface area contributed by atoms with Gasteiger partial charge in [-0.05, 0) is 25.0 Å². The summed E-state index contributed by atoms with van der Waals surface area (Å²) in [5.41, 5.74) is 1.18. The summed E-state index contributed by atoms with van der Waals surface area (Å²) in [7, 11) is 0. The van der Waals surface area contributed by atoms with E-state index in [9.17, 15) is 15.3 Å². The van der Waals surface area contributed by atoms with E-state index in [0.29, 0.717) is 17.3 Å². The Hall–Kier alpha value is -0.580. The summed E-state index contributed by atoms with van der Waals surface area (Å²) in [6.45, 7) is 1.79. The van der Waals surface area contributed by atoms with E-state index in [2.05, 4.69) is 15.9 Å². The van der Waals surface area contributed by atoms with Crippen LogP contribution in [0.4, 0.5) is 0 Å². The molecule has 0 aromatic heterocycles. The first-order valence-corrected chi connectivity index (χ1v) is 5.90. The fourth-order valence-corrected chi connectivity index (χ4v) is 1.98. The van der Waals surface area contributed by atoms with Crippen molar-refractivity contribution in [3.8, 4) is 5.75 Å². The number of aliphatic hydroxyl groups excluding tert-OH is 2. The lowest BCUT2D eigenvalue weighted by atomic mass is 9.97. The number of halogens is 1. The van der Waals surface area contributed by atoms with E-state index in [1.165, 1.54) is 6.07 Å². The van der Waals surface area contributed by atoms with Gasteiger partial charge in [-0.15, -0.1) is 0 Å². The number of aryl methyl sites for hydroxylation is 1. The first-order chi connectivity index (χ1) is 7.07. The molecule has 0 aliphatic heterocycles. The van der Waals surface area contributed by atoms with Crippen LogP contribution < -0.4 is 0 Å². The molecular weight excluding hydrogens is 260 g/mol. The highest BCUT2D eigenvalue weighted by atomic mass is 79.9. The van der Waals surface area contributed by atoms with Gasteiger partial charge in [0.2, 0.25) is 0 Å². The van der Waals surface area contributed by atoms with E-state index in [4.69, 9.17) is 0 Å². The summed E-state index contributed by atoms with van der Waals surface area (Å²) in [4.78, 5) is 0. The lowest BCUT2D eigenvalue weighted by Crippen LogP contribution is -2.19. The Morgan fingerprint density at radius 3 is 2.53 bits per heavy atom. The normalized spacial score (nSPS) is 14.9. The monoisotopic (exact) mass is 274 g/mol. The van der Waals surface area contributed by atoms with Gasteiger partial charge in [0.25, 0.3) is 0 Å². The van der Waals surface area contributed by atoms with Crippen LogP contribution in [-0.4, -0.2) is 26.8 Å². The molecule has 0 spiro atoms. The molecule has 3 N–H and O–H groups in total. The summed E-state index contributed by atoms with van der Waals surface area (Å²) in [5, 5.41) is 29.7. The Labute approximate surface area is 97.5 Å². The van der Waals surface area contributed by atoms with E-state index in [-0.39, 0.29) is 5.75 Å². The van der Waals surface area contributed by atoms with Crippen molar-refractivity contribution in [3.63, 3.8) is 0 Å². The summed E-state index contributed by atoms with van der Waals surface area (Å²) in [5.74, 6) is 0.0242. The van der Waals surface area contributed by atoms with Gasteiger partial charge in [-0.2, -0.15) is 0 Å². The summed E-state index contributed by atoms with van der Waals surface area (Å²) in [6, 6.07) is 5.00. The second kappa shape index (κ2) is 5.49. The molecule has 1 aromatic carbocycles. The zero-order valence-corrected chi connectivity index (χ0v) is 10.1. The van der Waals surface area contributed by atoms with Gasteiger partial charge in [0.05, 0.1) is 6.10 Å². The van der Waals surface area contributed by atoms with Crippen LogP contribution in [-0.2, 0) is 0 Å². The van der Waals surface area contributed by atoms with Crippen LogP contribution in [0, 0.1) is 6.92 Å². The van der Waals surface area contributed by atoms with Gasteiger partial charge in [-0.1, -0.05) is 28.1 Å². The third kappa shape index (κ3) is 2.93. The standard InChI is InChI=1S/C11H15BrO3/c1-7-3-2-4-8(13)10(7)11(15)9(14)5-6-12/h2-4,9,11,13-15H,5-6H2,1H3. The number of phenols is 1. The fourth-order valence-electron chi connectivity index (χ4n) is 1.51. The molecule has 0 heterocycles. The Morgan fingerprint density at radius 1 is 1.33 bits per heavy atom. The zero-order chi connectivity index (χ0) is 11.4. The topological polar surface area (TPSA) is 60.7 Å². The van der Waals surface area contributed by atoms with Crippen molar-refractivity contribution in [2.75, 3.05) is 5.33 Å². The molecule has 3 nitrogen and oxygen atoms in total. The van der Waals surface area contributed by atoms with Crippen molar-refractivity contribution in [1.29, 1.82) is 0 Å². The van der Waals surface area contributed by atoms with Crippen molar-refractivity contribution in [1.82, 2.24) is 0 Å². The molecule has 0 fully saturated rings. The Bertz CT molecular complexity index is 307. The Morgan fingerprint density at radius 2 is 2.00 bits per heavy atom. The second-order valence-electron chi connectivity index (χ2n) is 3.50. The largest absolute Gasteiger partial charge is 0.508 e. The van der Waals surface area contributed by atoms with Crippen LogP contribution >= 0.6 is 15.9 Å². The average Bonchev–Trinajstić information content (AvgIpc) is 2.17. The van der Waals surface area contributed by atoms with Gasteiger partial charge in [-0.3, -0.25) is 0 Å². The predicted octanol–water partition coefficient (Wildman–Crippen LogP) is 1.88. The van der Waals surface area contributed by atoms with Crippen LogP contribution in [0.3, 0.4) is 0 Å². The SMILES string of the molecule is Cc1cccc(O)c1C(O)C(O)CCBr. The predicted molar refractivity (Wildman–Crippen MR) is 62.2 cm³/mol. The zero-order valence-electron chi connectivity index (χ0n) is 8.52. The number of benzene rings is 1. The van der Waals surface area contributed by atoms with Crippen molar-refractivity contribution < 1.29 is 15.3 Å². The van der Waals surface area contributed by atoms with Crippen molar-refractivity contribution >= 4 is 15.9 Å². The lowest BCUT2D eigenvalue weighted by Gasteiger charge is -2.20. The fraction of sp³-hybridized carbons (Fsp3) is 0.455. The minimum Gasteiger partial charge on any atom is -0.508 e. The number of hydrogen-bond donors (Lipinski definition) is 3. The van der Waals surface area contributed by atoms with Crippen molar-refractivity contribution in [2.24, 2.45) is 0 Å². The molecule has 0 aliphatic carbocycles. The van der Waals surface area contributed by atoms with Crippen LogP contribution in [0.25, 0.3) is 0 Å². The molecule has 1 rings (SSSR count). The van der Waals surface area contributed by atoms with E-state index in [0.717, 1.165) is 5.56 Å². The van der Waals surface area contributed by atoms with Gasteiger partial charge < -0.3 is 15.3 Å². The van der Waals surface area contributed by atoms with Gasteiger partial charge in [0.15, 0.2) is 0 Å². The Balaban J connectivity index is 2.94.